The van der Waals surface area contributed by atoms with E-state index in [1.165, 1.54) is 0 Å². The molecule has 3 heterocycles. The van der Waals surface area contributed by atoms with E-state index in [0.717, 1.165) is 33.8 Å². The number of anilines is 1. The summed E-state index contributed by atoms with van der Waals surface area (Å²) < 4.78 is 1.69. The Labute approximate surface area is 162 Å². The van der Waals surface area contributed by atoms with E-state index in [0.29, 0.717) is 11.6 Å². The summed E-state index contributed by atoms with van der Waals surface area (Å²) in [6.07, 6.45) is 3.64. The maximum absolute atomic E-state index is 12.6. The third-order valence-electron chi connectivity index (χ3n) is 4.73. The van der Waals surface area contributed by atoms with Crippen molar-refractivity contribution in [3.63, 3.8) is 0 Å². The van der Waals surface area contributed by atoms with Gasteiger partial charge in [0.05, 0.1) is 6.42 Å². The van der Waals surface area contributed by atoms with Crippen LogP contribution in [0, 0.1) is 20.8 Å². The molecule has 0 saturated heterocycles. The molecule has 1 amide bonds. The van der Waals surface area contributed by atoms with Gasteiger partial charge in [0.2, 0.25) is 5.91 Å². The molecule has 0 aliphatic rings. The van der Waals surface area contributed by atoms with Crippen molar-refractivity contribution in [3.8, 4) is 11.4 Å². The highest BCUT2D eigenvalue weighted by Crippen LogP contribution is 2.20. The Morgan fingerprint density at radius 2 is 1.89 bits per heavy atom. The zero-order chi connectivity index (χ0) is 19.7. The number of aryl methyl sites for hydroxylation is 3. The van der Waals surface area contributed by atoms with Crippen LogP contribution in [0.1, 0.15) is 22.5 Å². The Bertz CT molecular complexity index is 1170. The minimum absolute atomic E-state index is 0.0887. The molecule has 0 saturated carbocycles. The number of amides is 1. The molecule has 28 heavy (non-hydrogen) atoms. The summed E-state index contributed by atoms with van der Waals surface area (Å²) in [7, 11) is 0. The standard InChI is InChI=1S/C21H20N6O/c1-13-7-4-5-9-18(13)24-19(28)11-17-14(2)23-21-25-20(26-27(21)15(17)3)16-8-6-10-22-12-16/h4-10,12H,11H2,1-3H3,(H,24,28). The van der Waals surface area contributed by atoms with Crippen molar-refractivity contribution in [2.45, 2.75) is 27.2 Å². The van der Waals surface area contributed by atoms with Crippen molar-refractivity contribution in [1.29, 1.82) is 0 Å². The molecule has 0 aliphatic carbocycles. The molecule has 3 aromatic heterocycles. The monoisotopic (exact) mass is 372 g/mol. The van der Waals surface area contributed by atoms with Gasteiger partial charge in [-0.2, -0.15) is 4.98 Å². The van der Waals surface area contributed by atoms with Gasteiger partial charge in [0, 0.05) is 40.6 Å². The quantitative estimate of drug-likeness (QED) is 0.594. The van der Waals surface area contributed by atoms with Crippen LogP contribution >= 0.6 is 0 Å². The van der Waals surface area contributed by atoms with Gasteiger partial charge >= 0.3 is 0 Å². The molecule has 0 aliphatic heterocycles. The van der Waals surface area contributed by atoms with Crippen molar-refractivity contribution in [3.05, 3.63) is 71.3 Å². The Hall–Kier alpha value is -3.61. The molecule has 0 radical (unpaired) electrons. The van der Waals surface area contributed by atoms with Crippen LogP contribution < -0.4 is 5.32 Å². The topological polar surface area (TPSA) is 85.1 Å². The lowest BCUT2D eigenvalue weighted by Crippen LogP contribution is -2.18. The van der Waals surface area contributed by atoms with Crippen LogP contribution in [-0.4, -0.2) is 30.5 Å². The van der Waals surface area contributed by atoms with E-state index >= 15 is 0 Å². The van der Waals surface area contributed by atoms with Gasteiger partial charge in [-0.25, -0.2) is 9.50 Å². The van der Waals surface area contributed by atoms with Gasteiger partial charge in [-0.15, -0.1) is 5.10 Å². The summed E-state index contributed by atoms with van der Waals surface area (Å²) in [6, 6.07) is 11.5. The normalized spacial score (nSPS) is 11.0. The first-order chi connectivity index (χ1) is 13.5. The number of hydrogen-bond acceptors (Lipinski definition) is 5. The van der Waals surface area contributed by atoms with Gasteiger partial charge in [-0.1, -0.05) is 18.2 Å². The van der Waals surface area contributed by atoms with E-state index < -0.39 is 0 Å². The number of para-hydroxylation sites is 1. The van der Waals surface area contributed by atoms with Crippen molar-refractivity contribution < 1.29 is 4.79 Å². The van der Waals surface area contributed by atoms with Gasteiger partial charge < -0.3 is 5.32 Å². The van der Waals surface area contributed by atoms with Crippen molar-refractivity contribution in [1.82, 2.24) is 24.6 Å². The molecule has 1 aromatic carbocycles. The molecule has 7 heteroatoms. The van der Waals surface area contributed by atoms with Crippen molar-refractivity contribution in [2.24, 2.45) is 0 Å². The van der Waals surface area contributed by atoms with Gasteiger partial charge in [0.25, 0.3) is 5.78 Å². The first-order valence-electron chi connectivity index (χ1n) is 9.01. The van der Waals surface area contributed by atoms with E-state index in [9.17, 15) is 4.79 Å². The summed E-state index contributed by atoms with van der Waals surface area (Å²) in [6.45, 7) is 5.79. The molecular formula is C21H20N6O. The maximum atomic E-state index is 12.6. The van der Waals surface area contributed by atoms with Gasteiger partial charge in [0.1, 0.15) is 0 Å². The first kappa shape index (κ1) is 17.8. The number of pyridine rings is 1. The lowest BCUT2D eigenvalue weighted by atomic mass is 10.1. The number of fused-ring (bicyclic) bond motifs is 1. The highest BCUT2D eigenvalue weighted by molar-refractivity contribution is 5.93. The fourth-order valence-electron chi connectivity index (χ4n) is 3.15. The molecule has 1 N–H and O–H groups in total. The number of aromatic nitrogens is 5. The molecule has 0 spiro atoms. The Kier molecular flexibility index (Phi) is 4.57. The molecule has 140 valence electrons. The number of hydrogen-bond donors (Lipinski definition) is 1. The molecular weight excluding hydrogens is 352 g/mol. The van der Waals surface area contributed by atoms with Crippen LogP contribution in [0.15, 0.2) is 48.8 Å². The van der Waals surface area contributed by atoms with Crippen molar-refractivity contribution >= 4 is 17.4 Å². The Balaban J connectivity index is 1.66. The average Bonchev–Trinajstić information content (AvgIpc) is 3.12. The summed E-state index contributed by atoms with van der Waals surface area (Å²) >= 11 is 0. The average molecular weight is 372 g/mol. The largest absolute Gasteiger partial charge is 0.326 e. The fraction of sp³-hybridized carbons (Fsp3) is 0.190. The number of nitrogens with one attached hydrogen (secondary N) is 1. The fourth-order valence-corrected chi connectivity index (χ4v) is 3.15. The second-order valence-electron chi connectivity index (χ2n) is 6.69. The van der Waals surface area contributed by atoms with E-state index in [-0.39, 0.29) is 12.3 Å². The minimum atomic E-state index is -0.0887. The summed E-state index contributed by atoms with van der Waals surface area (Å²) in [5, 5.41) is 7.53. The third-order valence-corrected chi connectivity index (χ3v) is 4.73. The number of carbonyl (C=O) groups is 1. The minimum Gasteiger partial charge on any atom is -0.326 e. The van der Waals surface area contributed by atoms with E-state index in [2.05, 4.69) is 25.4 Å². The molecule has 4 rings (SSSR count). The smallest absolute Gasteiger partial charge is 0.253 e. The van der Waals surface area contributed by atoms with Gasteiger partial charge in [0.15, 0.2) is 5.82 Å². The Morgan fingerprint density at radius 1 is 1.07 bits per heavy atom. The lowest BCUT2D eigenvalue weighted by Gasteiger charge is -2.12. The van der Waals surface area contributed by atoms with Crippen LogP contribution in [0.5, 0.6) is 0 Å². The number of carbonyl (C=O) groups excluding carboxylic acids is 1. The van der Waals surface area contributed by atoms with Gasteiger partial charge in [-0.3, -0.25) is 9.78 Å². The summed E-state index contributed by atoms with van der Waals surface area (Å²) in [4.78, 5) is 25.8. The van der Waals surface area contributed by atoms with E-state index in [1.807, 2.05) is 57.2 Å². The second kappa shape index (κ2) is 7.19. The number of rotatable bonds is 4. The van der Waals surface area contributed by atoms with E-state index in [4.69, 9.17) is 0 Å². The van der Waals surface area contributed by atoms with Crippen LogP contribution in [0.3, 0.4) is 0 Å². The molecule has 0 unspecified atom stereocenters. The number of nitrogens with zero attached hydrogens (tertiary/aromatic N) is 5. The maximum Gasteiger partial charge on any atom is 0.253 e. The zero-order valence-electron chi connectivity index (χ0n) is 16.0. The highest BCUT2D eigenvalue weighted by Gasteiger charge is 2.17. The van der Waals surface area contributed by atoms with Crippen molar-refractivity contribution in [2.75, 3.05) is 5.32 Å². The van der Waals surface area contributed by atoms with Crippen LogP contribution in [0.25, 0.3) is 17.2 Å². The number of benzene rings is 1. The lowest BCUT2D eigenvalue weighted by molar-refractivity contribution is -0.115. The third kappa shape index (κ3) is 3.34. The van der Waals surface area contributed by atoms with Crippen LogP contribution in [0.4, 0.5) is 5.69 Å². The molecule has 0 bridgehead atoms. The molecule has 0 atom stereocenters. The van der Waals surface area contributed by atoms with Crippen LogP contribution in [-0.2, 0) is 11.2 Å². The second-order valence-corrected chi connectivity index (χ2v) is 6.69. The molecule has 0 fully saturated rings. The predicted octanol–water partition coefficient (Wildman–Crippen LogP) is 3.29. The predicted molar refractivity (Wildman–Crippen MR) is 107 cm³/mol. The molecule has 7 nitrogen and oxygen atoms in total. The van der Waals surface area contributed by atoms with Gasteiger partial charge in [-0.05, 0) is 44.5 Å². The molecule has 4 aromatic rings. The van der Waals surface area contributed by atoms with Crippen LogP contribution in [0.2, 0.25) is 0 Å². The Morgan fingerprint density at radius 3 is 2.64 bits per heavy atom. The zero-order valence-corrected chi connectivity index (χ0v) is 16.0. The highest BCUT2D eigenvalue weighted by atomic mass is 16.1. The first-order valence-corrected chi connectivity index (χ1v) is 9.01. The SMILES string of the molecule is Cc1ccccc1NC(=O)Cc1c(C)nc2nc(-c3cccnc3)nn2c1C. The van der Waals surface area contributed by atoms with E-state index in [1.54, 1.807) is 16.9 Å². The summed E-state index contributed by atoms with van der Waals surface area (Å²) in [5.41, 5.74) is 5.14. The summed E-state index contributed by atoms with van der Waals surface area (Å²) in [5.74, 6) is 0.982.